The molecule has 164 valence electrons. The Hall–Kier alpha value is -3.27. The Morgan fingerprint density at radius 1 is 1.19 bits per heavy atom. The number of pyridine rings is 2. The second kappa shape index (κ2) is 8.84. The average molecular weight is 427 g/mol. The zero-order valence-electron chi connectivity index (χ0n) is 17.1. The number of carbonyl (C=O) groups is 2. The van der Waals surface area contributed by atoms with E-state index in [0.29, 0.717) is 24.5 Å². The Morgan fingerprint density at radius 2 is 2.00 bits per heavy atom. The number of rotatable bonds is 6. The van der Waals surface area contributed by atoms with Crippen LogP contribution in [0.25, 0.3) is 0 Å². The van der Waals surface area contributed by atoms with Gasteiger partial charge in [-0.2, -0.15) is 0 Å². The predicted octanol–water partition coefficient (Wildman–Crippen LogP) is 2.27. The zero-order valence-corrected chi connectivity index (χ0v) is 17.1. The molecule has 0 bridgehead atoms. The Morgan fingerprint density at radius 3 is 2.65 bits per heavy atom. The number of nitrogens with one attached hydrogen (secondary N) is 2. The molecule has 2 amide bonds. The summed E-state index contributed by atoms with van der Waals surface area (Å²) >= 11 is 0. The average Bonchev–Trinajstić information content (AvgIpc) is 3.18. The molecule has 1 saturated heterocycles. The molecule has 3 heterocycles. The van der Waals surface area contributed by atoms with Crippen molar-refractivity contribution < 1.29 is 14.0 Å². The number of nitrogens with two attached hydrogens (primary N) is 2. The lowest BCUT2D eigenvalue weighted by Crippen LogP contribution is -2.43. The third-order valence-corrected chi connectivity index (χ3v) is 5.74. The molecule has 6 N–H and O–H groups in total. The molecule has 1 aliphatic carbocycles. The molecule has 1 saturated carbocycles. The normalized spacial score (nSPS) is 21.2. The number of aromatic nitrogens is 2. The molecule has 10 heteroatoms. The number of amides is 2. The highest BCUT2D eigenvalue weighted by atomic mass is 19.1. The fraction of sp³-hybridized carbons (Fsp3) is 0.429. The maximum atomic E-state index is 14.6. The lowest BCUT2D eigenvalue weighted by Gasteiger charge is -2.30. The molecule has 9 nitrogen and oxygen atoms in total. The lowest BCUT2D eigenvalue weighted by atomic mass is 9.91. The van der Waals surface area contributed by atoms with Crippen LogP contribution in [-0.2, 0) is 4.79 Å². The first-order valence-electron chi connectivity index (χ1n) is 10.5. The van der Waals surface area contributed by atoms with Crippen molar-refractivity contribution in [3.05, 3.63) is 35.8 Å². The number of primary amides is 1. The molecular weight excluding hydrogens is 401 g/mol. The van der Waals surface area contributed by atoms with Gasteiger partial charge in [0.2, 0.25) is 5.91 Å². The molecule has 0 aromatic carbocycles. The van der Waals surface area contributed by atoms with Gasteiger partial charge in [0.25, 0.3) is 5.91 Å². The third kappa shape index (κ3) is 4.58. The topological polar surface area (TPSA) is 139 Å². The maximum Gasteiger partial charge on any atom is 0.252 e. The molecule has 2 unspecified atom stereocenters. The Bertz CT molecular complexity index is 982. The van der Waals surface area contributed by atoms with Gasteiger partial charge in [-0.1, -0.05) is 12.8 Å². The van der Waals surface area contributed by atoms with Gasteiger partial charge in [0.1, 0.15) is 11.6 Å². The largest absolute Gasteiger partial charge is 0.365 e. The smallest absolute Gasteiger partial charge is 0.252 e. The fourth-order valence-corrected chi connectivity index (χ4v) is 4.03. The van der Waals surface area contributed by atoms with Crippen molar-refractivity contribution in [2.45, 2.75) is 50.6 Å². The van der Waals surface area contributed by atoms with E-state index in [1.54, 1.807) is 17.0 Å². The van der Waals surface area contributed by atoms with Gasteiger partial charge in [-0.15, -0.1) is 0 Å². The van der Waals surface area contributed by atoms with Gasteiger partial charge < -0.3 is 22.1 Å². The number of anilines is 4. The van der Waals surface area contributed by atoms with E-state index in [9.17, 15) is 14.0 Å². The van der Waals surface area contributed by atoms with Crippen LogP contribution in [0, 0.1) is 5.82 Å². The molecule has 0 radical (unpaired) electrons. The van der Waals surface area contributed by atoms with Crippen LogP contribution < -0.4 is 27.0 Å². The van der Waals surface area contributed by atoms with Gasteiger partial charge >= 0.3 is 0 Å². The summed E-state index contributed by atoms with van der Waals surface area (Å²) in [6.45, 7) is 0.641. The van der Waals surface area contributed by atoms with Crippen molar-refractivity contribution in [2.24, 2.45) is 11.5 Å². The van der Waals surface area contributed by atoms with Gasteiger partial charge in [0, 0.05) is 25.0 Å². The van der Waals surface area contributed by atoms with E-state index in [1.165, 1.54) is 6.20 Å². The number of hydrogen-bond acceptors (Lipinski definition) is 7. The van der Waals surface area contributed by atoms with Crippen LogP contribution in [0.1, 0.15) is 48.9 Å². The summed E-state index contributed by atoms with van der Waals surface area (Å²) in [4.78, 5) is 34.0. The summed E-state index contributed by atoms with van der Waals surface area (Å²) in [5.74, 6) is -0.736. The van der Waals surface area contributed by atoms with Crippen molar-refractivity contribution in [3.63, 3.8) is 0 Å². The van der Waals surface area contributed by atoms with E-state index in [4.69, 9.17) is 11.5 Å². The van der Waals surface area contributed by atoms with Gasteiger partial charge in [0.15, 0.2) is 11.6 Å². The minimum Gasteiger partial charge on any atom is -0.365 e. The molecule has 1 aliphatic heterocycles. The minimum absolute atomic E-state index is 0.0158. The minimum atomic E-state index is -0.804. The van der Waals surface area contributed by atoms with Gasteiger partial charge in [0.05, 0.1) is 17.4 Å². The van der Waals surface area contributed by atoms with E-state index in [2.05, 4.69) is 20.6 Å². The monoisotopic (exact) mass is 427 g/mol. The summed E-state index contributed by atoms with van der Waals surface area (Å²) in [6.07, 6.45) is 6.60. The van der Waals surface area contributed by atoms with E-state index >= 15 is 0 Å². The van der Waals surface area contributed by atoms with Crippen molar-refractivity contribution in [2.75, 3.05) is 22.1 Å². The van der Waals surface area contributed by atoms with E-state index in [0.717, 1.165) is 38.2 Å². The van der Waals surface area contributed by atoms with E-state index in [-0.39, 0.29) is 35.2 Å². The molecule has 2 atom stereocenters. The third-order valence-electron chi connectivity index (χ3n) is 5.74. The van der Waals surface area contributed by atoms with Crippen LogP contribution in [0.2, 0.25) is 0 Å². The van der Waals surface area contributed by atoms with Gasteiger partial charge in [-0.3, -0.25) is 14.5 Å². The van der Waals surface area contributed by atoms with Crippen molar-refractivity contribution >= 4 is 35.0 Å². The Kier molecular flexibility index (Phi) is 5.99. The Balaban J connectivity index is 1.57. The summed E-state index contributed by atoms with van der Waals surface area (Å²) < 4.78 is 14.6. The van der Waals surface area contributed by atoms with Crippen LogP contribution in [0.5, 0.6) is 0 Å². The van der Waals surface area contributed by atoms with Crippen molar-refractivity contribution in [1.29, 1.82) is 0 Å². The highest BCUT2D eigenvalue weighted by Crippen LogP contribution is 2.27. The predicted molar refractivity (Wildman–Crippen MR) is 116 cm³/mol. The second-order valence-corrected chi connectivity index (χ2v) is 7.96. The highest BCUT2D eigenvalue weighted by Gasteiger charge is 2.25. The molecule has 2 aromatic heterocycles. The van der Waals surface area contributed by atoms with Crippen LogP contribution in [-0.4, -0.2) is 40.4 Å². The molecular formula is C21H26FN7O2. The quantitative estimate of drug-likeness (QED) is 0.554. The first-order chi connectivity index (χ1) is 14.9. The highest BCUT2D eigenvalue weighted by molar-refractivity contribution is 5.98. The van der Waals surface area contributed by atoms with Crippen molar-refractivity contribution in [1.82, 2.24) is 9.97 Å². The first kappa shape index (κ1) is 21.0. The lowest BCUT2D eigenvalue weighted by molar-refractivity contribution is -0.117. The zero-order chi connectivity index (χ0) is 22.0. The van der Waals surface area contributed by atoms with Gasteiger partial charge in [-0.05, 0) is 37.5 Å². The number of nitrogens with zero attached hydrogens (tertiary/aromatic N) is 3. The van der Waals surface area contributed by atoms with Crippen LogP contribution >= 0.6 is 0 Å². The summed E-state index contributed by atoms with van der Waals surface area (Å²) in [5, 5.41) is 6.06. The summed E-state index contributed by atoms with van der Waals surface area (Å²) in [7, 11) is 0. The van der Waals surface area contributed by atoms with Crippen LogP contribution in [0.4, 0.5) is 27.5 Å². The van der Waals surface area contributed by atoms with Crippen LogP contribution in [0.3, 0.4) is 0 Å². The first-order valence-corrected chi connectivity index (χ1v) is 10.5. The molecule has 2 fully saturated rings. The summed E-state index contributed by atoms with van der Waals surface area (Å²) in [6, 6.07) is 4.31. The molecule has 0 spiro atoms. The number of halogens is 1. The second-order valence-electron chi connectivity index (χ2n) is 7.96. The van der Waals surface area contributed by atoms with E-state index in [1.807, 2.05) is 0 Å². The number of hydrogen-bond donors (Lipinski definition) is 4. The van der Waals surface area contributed by atoms with Crippen LogP contribution in [0.15, 0.2) is 24.4 Å². The van der Waals surface area contributed by atoms with Gasteiger partial charge in [-0.25, -0.2) is 14.4 Å². The van der Waals surface area contributed by atoms with Crippen molar-refractivity contribution in [3.8, 4) is 0 Å². The Labute approximate surface area is 179 Å². The van der Waals surface area contributed by atoms with E-state index < -0.39 is 11.7 Å². The maximum absolute atomic E-state index is 14.6. The molecule has 2 aromatic rings. The number of carbonyl (C=O) groups excluding carboxylic acids is 2. The fourth-order valence-electron chi connectivity index (χ4n) is 4.03. The molecule has 31 heavy (non-hydrogen) atoms. The standard InChI is InChI=1S/C21H26FN7O2/c22-14-10-13(19(24)31)20(28-21(14)27-16-5-2-1-4-15(16)23)26-12-7-8-17(25-11-12)29-9-3-6-18(29)30/h7-8,10-11,15-16H,1-6,9,23H2,(H2,24,31)(H2,26,27,28). The summed E-state index contributed by atoms with van der Waals surface area (Å²) in [5.41, 5.74) is 12.0. The molecule has 4 rings (SSSR count). The molecule has 2 aliphatic rings. The SMILES string of the molecule is NC(=O)c1cc(F)c(NC2CCCCC2N)nc1Nc1ccc(N2CCCC2=O)nc1.